The first-order chi connectivity index (χ1) is 11.6. The highest BCUT2D eigenvalue weighted by molar-refractivity contribution is 14.0. The number of aliphatic imine (C=N–C) groups is 1. The molecule has 0 amide bonds. The molecule has 7 heteroatoms. The molecule has 0 bridgehead atoms. The lowest BCUT2D eigenvalue weighted by atomic mass is 10.3. The van der Waals surface area contributed by atoms with E-state index in [1.54, 1.807) is 14.2 Å². The molecular weight excluding hydrogens is 433 g/mol. The zero-order valence-corrected chi connectivity index (χ0v) is 16.9. The summed E-state index contributed by atoms with van der Waals surface area (Å²) < 4.78 is 16.1. The molecule has 0 spiro atoms. The van der Waals surface area contributed by atoms with Gasteiger partial charge in [-0.25, -0.2) is 4.99 Å². The molecule has 136 valence electrons. The highest BCUT2D eigenvalue weighted by atomic mass is 127. The molecule has 0 radical (unpaired) electrons. The van der Waals surface area contributed by atoms with Crippen LogP contribution in [-0.4, -0.2) is 32.8 Å². The Morgan fingerprint density at radius 2 is 1.68 bits per heavy atom. The first kappa shape index (κ1) is 20.9. The summed E-state index contributed by atoms with van der Waals surface area (Å²) in [7, 11) is 3.25. The van der Waals surface area contributed by atoms with Crippen LogP contribution in [0.1, 0.15) is 6.92 Å². The molecule has 1 atom stereocenters. The monoisotopic (exact) mass is 457 g/mol. The number of hydrogen-bond acceptors (Lipinski definition) is 4. The van der Waals surface area contributed by atoms with Gasteiger partial charge in [-0.1, -0.05) is 6.07 Å². The Kier molecular flexibility index (Phi) is 8.90. The number of halogens is 1. The lowest BCUT2D eigenvalue weighted by molar-refractivity contribution is 0.229. The van der Waals surface area contributed by atoms with Gasteiger partial charge in [0.1, 0.15) is 23.4 Å². The molecule has 0 saturated heterocycles. The summed E-state index contributed by atoms with van der Waals surface area (Å²) in [5.41, 5.74) is 6.74. The fourth-order valence-electron chi connectivity index (χ4n) is 2.03. The molecule has 6 nitrogen and oxygen atoms in total. The van der Waals surface area contributed by atoms with E-state index in [0.717, 1.165) is 22.9 Å². The molecule has 0 fully saturated rings. The van der Waals surface area contributed by atoms with E-state index in [2.05, 4.69) is 10.3 Å². The quantitative estimate of drug-likeness (QED) is 0.378. The SMILES string of the molecule is COc1ccc(NC(N)=NCC(C)Oc2cccc(OC)c2)cc1.I. The fraction of sp³-hybridized carbons (Fsp3) is 0.278. The summed E-state index contributed by atoms with van der Waals surface area (Å²) in [4.78, 5) is 4.30. The summed E-state index contributed by atoms with van der Waals surface area (Å²) in [6, 6.07) is 14.9. The third kappa shape index (κ3) is 7.08. The molecule has 25 heavy (non-hydrogen) atoms. The Bertz CT molecular complexity index is 678. The maximum absolute atomic E-state index is 5.90. The molecule has 2 rings (SSSR count). The van der Waals surface area contributed by atoms with Gasteiger partial charge >= 0.3 is 0 Å². The summed E-state index contributed by atoms with van der Waals surface area (Å²) in [5, 5.41) is 3.03. The minimum Gasteiger partial charge on any atom is -0.497 e. The topological polar surface area (TPSA) is 78.1 Å². The summed E-state index contributed by atoms with van der Waals surface area (Å²) in [5.74, 6) is 2.61. The number of ether oxygens (including phenoxy) is 3. The Morgan fingerprint density at radius 3 is 2.32 bits per heavy atom. The second-order valence-electron chi connectivity index (χ2n) is 5.19. The minimum absolute atomic E-state index is 0. The third-order valence-electron chi connectivity index (χ3n) is 3.26. The van der Waals surface area contributed by atoms with Crippen molar-refractivity contribution in [1.82, 2.24) is 0 Å². The van der Waals surface area contributed by atoms with Gasteiger partial charge in [0.2, 0.25) is 0 Å². The summed E-state index contributed by atoms with van der Waals surface area (Å²) in [6.45, 7) is 2.37. The number of nitrogens with one attached hydrogen (secondary N) is 1. The molecule has 3 N–H and O–H groups in total. The van der Waals surface area contributed by atoms with Crippen molar-refractivity contribution in [3.63, 3.8) is 0 Å². The zero-order valence-electron chi connectivity index (χ0n) is 14.6. The maximum atomic E-state index is 5.90. The maximum Gasteiger partial charge on any atom is 0.193 e. The van der Waals surface area contributed by atoms with E-state index >= 15 is 0 Å². The van der Waals surface area contributed by atoms with Gasteiger partial charge in [0.25, 0.3) is 0 Å². The molecule has 0 aliphatic carbocycles. The van der Waals surface area contributed by atoms with Gasteiger partial charge in [0.05, 0.1) is 20.8 Å². The van der Waals surface area contributed by atoms with E-state index in [0.29, 0.717) is 12.5 Å². The van der Waals surface area contributed by atoms with Gasteiger partial charge in [-0.05, 0) is 43.3 Å². The molecular formula is C18H24IN3O3. The van der Waals surface area contributed by atoms with Crippen molar-refractivity contribution in [2.45, 2.75) is 13.0 Å². The number of methoxy groups -OCH3 is 2. The first-order valence-corrected chi connectivity index (χ1v) is 7.62. The predicted molar refractivity (Wildman–Crippen MR) is 112 cm³/mol. The van der Waals surface area contributed by atoms with Crippen LogP contribution in [0.3, 0.4) is 0 Å². The third-order valence-corrected chi connectivity index (χ3v) is 3.26. The van der Waals surface area contributed by atoms with Gasteiger partial charge in [0, 0.05) is 11.8 Å². The zero-order chi connectivity index (χ0) is 17.4. The molecule has 0 aliphatic heterocycles. The summed E-state index contributed by atoms with van der Waals surface area (Å²) >= 11 is 0. The van der Waals surface area contributed by atoms with Crippen LogP contribution in [0.15, 0.2) is 53.5 Å². The summed E-state index contributed by atoms with van der Waals surface area (Å²) in [6.07, 6.45) is -0.117. The van der Waals surface area contributed by atoms with Gasteiger partial charge in [-0.2, -0.15) is 0 Å². The molecule has 0 saturated carbocycles. The van der Waals surface area contributed by atoms with Crippen molar-refractivity contribution in [2.24, 2.45) is 10.7 Å². The largest absolute Gasteiger partial charge is 0.497 e. The lowest BCUT2D eigenvalue weighted by Gasteiger charge is -2.14. The van der Waals surface area contributed by atoms with Gasteiger partial charge in [-0.3, -0.25) is 0 Å². The highest BCUT2D eigenvalue weighted by Gasteiger charge is 2.05. The van der Waals surface area contributed by atoms with E-state index < -0.39 is 0 Å². The molecule has 2 aromatic rings. The normalized spacial score (nSPS) is 11.9. The van der Waals surface area contributed by atoms with Crippen LogP contribution in [0, 0.1) is 0 Å². The average Bonchev–Trinajstić information content (AvgIpc) is 2.61. The number of guanidine groups is 1. The van der Waals surface area contributed by atoms with Crippen LogP contribution in [-0.2, 0) is 0 Å². The van der Waals surface area contributed by atoms with Crippen LogP contribution in [0.4, 0.5) is 5.69 Å². The fourth-order valence-corrected chi connectivity index (χ4v) is 2.03. The number of rotatable bonds is 7. The van der Waals surface area contributed by atoms with E-state index in [-0.39, 0.29) is 30.1 Å². The second kappa shape index (κ2) is 10.7. The highest BCUT2D eigenvalue weighted by Crippen LogP contribution is 2.20. The van der Waals surface area contributed by atoms with Crippen LogP contribution in [0.25, 0.3) is 0 Å². The second-order valence-corrected chi connectivity index (χ2v) is 5.19. The molecule has 0 heterocycles. The Hall–Kier alpha value is -2.16. The van der Waals surface area contributed by atoms with Crippen LogP contribution < -0.4 is 25.3 Å². The minimum atomic E-state index is -0.117. The van der Waals surface area contributed by atoms with Crippen molar-refractivity contribution < 1.29 is 14.2 Å². The van der Waals surface area contributed by atoms with E-state index in [1.807, 2.05) is 55.5 Å². The standard InChI is InChI=1S/C18H23N3O3.HI/c1-13(24-17-6-4-5-16(11-17)23-3)12-20-18(19)21-14-7-9-15(22-2)10-8-14;/h4-11,13H,12H2,1-3H3,(H3,19,20,21);1H. The smallest absolute Gasteiger partial charge is 0.193 e. The lowest BCUT2D eigenvalue weighted by Crippen LogP contribution is -2.25. The predicted octanol–water partition coefficient (Wildman–Crippen LogP) is 3.52. The van der Waals surface area contributed by atoms with Crippen molar-refractivity contribution in [3.05, 3.63) is 48.5 Å². The number of nitrogens with two attached hydrogens (primary N) is 1. The molecule has 2 aromatic carbocycles. The van der Waals surface area contributed by atoms with Crippen LogP contribution in [0.5, 0.6) is 17.2 Å². The number of nitrogens with zero attached hydrogens (tertiary/aromatic N) is 1. The Morgan fingerprint density at radius 1 is 1.04 bits per heavy atom. The van der Waals surface area contributed by atoms with Crippen LogP contribution >= 0.6 is 24.0 Å². The van der Waals surface area contributed by atoms with Crippen molar-refractivity contribution in [3.8, 4) is 17.2 Å². The van der Waals surface area contributed by atoms with Crippen LogP contribution in [0.2, 0.25) is 0 Å². The number of benzene rings is 2. The van der Waals surface area contributed by atoms with Gasteiger partial charge in [-0.15, -0.1) is 24.0 Å². The molecule has 1 unspecified atom stereocenters. The first-order valence-electron chi connectivity index (χ1n) is 7.62. The average molecular weight is 457 g/mol. The van der Waals surface area contributed by atoms with Gasteiger partial charge in [0.15, 0.2) is 5.96 Å². The number of hydrogen-bond donors (Lipinski definition) is 2. The number of anilines is 1. The van der Waals surface area contributed by atoms with E-state index in [4.69, 9.17) is 19.9 Å². The molecule has 0 aliphatic rings. The van der Waals surface area contributed by atoms with E-state index in [9.17, 15) is 0 Å². The van der Waals surface area contributed by atoms with Crippen molar-refractivity contribution in [1.29, 1.82) is 0 Å². The Balaban J connectivity index is 0.00000312. The van der Waals surface area contributed by atoms with Gasteiger partial charge < -0.3 is 25.3 Å². The Labute approximate surface area is 165 Å². The molecule has 0 aromatic heterocycles. The van der Waals surface area contributed by atoms with Crippen molar-refractivity contribution in [2.75, 3.05) is 26.1 Å². The van der Waals surface area contributed by atoms with Crippen molar-refractivity contribution >= 4 is 35.6 Å². The van der Waals surface area contributed by atoms with E-state index in [1.165, 1.54) is 0 Å².